The summed E-state index contributed by atoms with van der Waals surface area (Å²) < 4.78 is 7.49. The fourth-order valence-electron chi connectivity index (χ4n) is 3.65. The summed E-state index contributed by atoms with van der Waals surface area (Å²) in [6.07, 6.45) is 5.62. The lowest BCUT2D eigenvalue weighted by atomic mass is 10.1. The van der Waals surface area contributed by atoms with Gasteiger partial charge in [-0.2, -0.15) is 0 Å². The van der Waals surface area contributed by atoms with Crippen LogP contribution in [0.5, 0.6) is 0 Å². The molecule has 2 fully saturated rings. The number of hydrogen-bond donors (Lipinski definition) is 0. The second-order valence-corrected chi connectivity index (χ2v) is 8.15. The molecule has 27 heavy (non-hydrogen) atoms. The van der Waals surface area contributed by atoms with Crippen molar-refractivity contribution in [2.24, 2.45) is 0 Å². The summed E-state index contributed by atoms with van der Waals surface area (Å²) in [7, 11) is 0. The third-order valence-corrected chi connectivity index (χ3v) is 6.33. The predicted molar refractivity (Wildman–Crippen MR) is 102 cm³/mol. The Labute approximate surface area is 163 Å². The van der Waals surface area contributed by atoms with Gasteiger partial charge >= 0.3 is 0 Å². The van der Waals surface area contributed by atoms with Gasteiger partial charge in [0.15, 0.2) is 0 Å². The number of likely N-dealkylation sites (tertiary alicyclic amines) is 1. The third-order valence-electron chi connectivity index (χ3n) is 5.12. The maximum atomic E-state index is 13.3. The van der Waals surface area contributed by atoms with Crippen LogP contribution in [0.1, 0.15) is 42.9 Å². The highest BCUT2D eigenvalue weighted by atomic mass is 32.2. The second-order valence-electron chi connectivity index (χ2n) is 7.07. The van der Waals surface area contributed by atoms with Crippen LogP contribution in [-0.4, -0.2) is 56.8 Å². The molecule has 1 aromatic carbocycles. The number of rotatable bonds is 6. The molecule has 0 saturated carbocycles. The Morgan fingerprint density at radius 1 is 1.19 bits per heavy atom. The molecule has 1 aromatic heterocycles. The minimum atomic E-state index is -0.335. The van der Waals surface area contributed by atoms with Crippen molar-refractivity contribution in [1.82, 2.24) is 25.1 Å². The van der Waals surface area contributed by atoms with Crippen LogP contribution < -0.4 is 0 Å². The van der Waals surface area contributed by atoms with E-state index in [0.29, 0.717) is 11.7 Å². The van der Waals surface area contributed by atoms with Gasteiger partial charge in [0.25, 0.3) is 0 Å². The summed E-state index contributed by atoms with van der Waals surface area (Å²) in [5, 5.41) is 12.5. The fraction of sp³-hybridized carbons (Fsp3) is 0.579. The zero-order valence-electron chi connectivity index (χ0n) is 15.4. The topological polar surface area (TPSA) is 73.1 Å². The SMILES string of the molecule is O=C([C@H](Sc1nnnn1C[C@@H]1CCCO1)c1ccccc1)N1CCCCC1. The van der Waals surface area contributed by atoms with E-state index < -0.39 is 0 Å². The summed E-state index contributed by atoms with van der Waals surface area (Å²) in [6, 6.07) is 9.93. The van der Waals surface area contributed by atoms with E-state index in [4.69, 9.17) is 4.74 Å². The van der Waals surface area contributed by atoms with E-state index in [-0.39, 0.29) is 17.3 Å². The zero-order valence-corrected chi connectivity index (χ0v) is 16.2. The van der Waals surface area contributed by atoms with Gasteiger partial charge in [0.2, 0.25) is 11.1 Å². The van der Waals surface area contributed by atoms with E-state index >= 15 is 0 Å². The summed E-state index contributed by atoms with van der Waals surface area (Å²) >= 11 is 1.44. The normalized spacial score (nSPS) is 21.3. The summed E-state index contributed by atoms with van der Waals surface area (Å²) in [6.45, 7) is 3.11. The van der Waals surface area contributed by atoms with Crippen molar-refractivity contribution in [3.63, 3.8) is 0 Å². The van der Waals surface area contributed by atoms with Gasteiger partial charge in [-0.15, -0.1) is 5.10 Å². The number of nitrogens with zero attached hydrogens (tertiary/aromatic N) is 5. The van der Waals surface area contributed by atoms with Crippen LogP contribution in [0.3, 0.4) is 0 Å². The van der Waals surface area contributed by atoms with Crippen LogP contribution >= 0.6 is 11.8 Å². The molecular formula is C19H25N5O2S. The van der Waals surface area contributed by atoms with Crippen molar-refractivity contribution in [3.05, 3.63) is 35.9 Å². The van der Waals surface area contributed by atoms with E-state index in [9.17, 15) is 4.79 Å². The van der Waals surface area contributed by atoms with Crippen molar-refractivity contribution in [3.8, 4) is 0 Å². The first-order valence-electron chi connectivity index (χ1n) is 9.69. The van der Waals surface area contributed by atoms with E-state index in [1.54, 1.807) is 4.68 Å². The van der Waals surface area contributed by atoms with E-state index in [1.807, 2.05) is 35.2 Å². The molecule has 0 unspecified atom stereocenters. The average Bonchev–Trinajstić information content (AvgIpc) is 3.39. The Morgan fingerprint density at radius 3 is 2.74 bits per heavy atom. The molecule has 3 heterocycles. The number of aromatic nitrogens is 4. The molecule has 2 saturated heterocycles. The first kappa shape index (κ1) is 18.4. The maximum Gasteiger partial charge on any atom is 0.240 e. The Morgan fingerprint density at radius 2 is 2.00 bits per heavy atom. The van der Waals surface area contributed by atoms with Crippen LogP contribution in [0, 0.1) is 0 Å². The van der Waals surface area contributed by atoms with Crippen LogP contribution in [0.25, 0.3) is 0 Å². The highest BCUT2D eigenvalue weighted by Gasteiger charge is 2.30. The van der Waals surface area contributed by atoms with E-state index in [0.717, 1.165) is 50.9 Å². The van der Waals surface area contributed by atoms with Crippen LogP contribution in [-0.2, 0) is 16.1 Å². The van der Waals surface area contributed by atoms with Gasteiger partial charge in [-0.3, -0.25) is 4.79 Å². The number of hydrogen-bond acceptors (Lipinski definition) is 6. The third kappa shape index (κ3) is 4.50. The van der Waals surface area contributed by atoms with Crippen LogP contribution in [0.15, 0.2) is 35.5 Å². The Hall–Kier alpha value is -1.93. The van der Waals surface area contributed by atoms with Gasteiger partial charge in [0, 0.05) is 19.7 Å². The highest BCUT2D eigenvalue weighted by Crippen LogP contribution is 2.36. The van der Waals surface area contributed by atoms with Crippen molar-refractivity contribution in [1.29, 1.82) is 0 Å². The Kier molecular flexibility index (Phi) is 6.03. The zero-order chi connectivity index (χ0) is 18.5. The predicted octanol–water partition coefficient (Wildman–Crippen LogP) is 2.70. The largest absolute Gasteiger partial charge is 0.376 e. The van der Waals surface area contributed by atoms with Crippen molar-refractivity contribution < 1.29 is 9.53 Å². The molecule has 0 radical (unpaired) electrons. The molecule has 144 valence electrons. The van der Waals surface area contributed by atoms with E-state index in [1.165, 1.54) is 18.2 Å². The number of ether oxygens (including phenoxy) is 1. The van der Waals surface area contributed by atoms with Gasteiger partial charge < -0.3 is 9.64 Å². The lowest BCUT2D eigenvalue weighted by Gasteiger charge is -2.30. The van der Waals surface area contributed by atoms with Gasteiger partial charge in [-0.25, -0.2) is 4.68 Å². The molecular weight excluding hydrogens is 362 g/mol. The van der Waals surface area contributed by atoms with Crippen LogP contribution in [0.2, 0.25) is 0 Å². The molecule has 0 bridgehead atoms. The maximum absolute atomic E-state index is 13.3. The van der Waals surface area contributed by atoms with Crippen LogP contribution in [0.4, 0.5) is 0 Å². The molecule has 1 amide bonds. The number of benzene rings is 1. The molecule has 2 aliphatic heterocycles. The lowest BCUT2D eigenvalue weighted by molar-refractivity contribution is -0.131. The highest BCUT2D eigenvalue weighted by molar-refractivity contribution is 8.00. The molecule has 2 aromatic rings. The molecule has 0 aliphatic carbocycles. The molecule has 0 N–H and O–H groups in total. The number of carbonyl (C=O) groups excluding carboxylic acids is 1. The Bertz CT molecular complexity index is 742. The van der Waals surface area contributed by atoms with Crippen molar-refractivity contribution in [2.45, 2.75) is 55.2 Å². The van der Waals surface area contributed by atoms with Gasteiger partial charge in [-0.1, -0.05) is 42.1 Å². The summed E-state index contributed by atoms with van der Waals surface area (Å²) in [5.41, 5.74) is 0.990. The number of amides is 1. The minimum absolute atomic E-state index is 0.151. The first-order chi connectivity index (χ1) is 13.3. The molecule has 7 nitrogen and oxygen atoms in total. The van der Waals surface area contributed by atoms with Gasteiger partial charge in [0.05, 0.1) is 12.6 Å². The Balaban J connectivity index is 1.54. The average molecular weight is 388 g/mol. The number of tetrazole rings is 1. The van der Waals surface area contributed by atoms with E-state index in [2.05, 4.69) is 15.5 Å². The van der Waals surface area contributed by atoms with Gasteiger partial charge in [-0.05, 0) is 48.1 Å². The number of piperidine rings is 1. The number of carbonyl (C=O) groups is 1. The molecule has 2 atom stereocenters. The lowest BCUT2D eigenvalue weighted by Crippen LogP contribution is -2.38. The quantitative estimate of drug-likeness (QED) is 0.710. The molecule has 2 aliphatic rings. The van der Waals surface area contributed by atoms with Crippen molar-refractivity contribution in [2.75, 3.05) is 19.7 Å². The van der Waals surface area contributed by atoms with Gasteiger partial charge in [0.1, 0.15) is 5.25 Å². The molecule has 0 spiro atoms. The monoisotopic (exact) mass is 387 g/mol. The standard InChI is InChI=1S/C19H25N5O2S/c25-18(23-11-5-2-6-12-23)17(15-8-3-1-4-9-15)27-19-20-21-22-24(19)14-16-10-7-13-26-16/h1,3-4,8-9,16-17H,2,5-7,10-14H2/t16-,17+/m0/s1. The number of thioether (sulfide) groups is 1. The molecule has 4 rings (SSSR count). The first-order valence-corrected chi connectivity index (χ1v) is 10.6. The smallest absolute Gasteiger partial charge is 0.240 e. The fourth-order valence-corrected chi connectivity index (χ4v) is 4.72. The summed E-state index contributed by atoms with van der Waals surface area (Å²) in [5.74, 6) is 0.151. The molecule has 8 heteroatoms. The van der Waals surface area contributed by atoms with Crippen molar-refractivity contribution >= 4 is 17.7 Å². The second kappa shape index (κ2) is 8.84. The minimum Gasteiger partial charge on any atom is -0.376 e. The summed E-state index contributed by atoms with van der Waals surface area (Å²) in [4.78, 5) is 15.3.